The molecule has 0 unspecified atom stereocenters. The molecule has 1 aromatic rings. The first-order chi connectivity index (χ1) is 11.0. The molecule has 3 heterocycles. The summed E-state index contributed by atoms with van der Waals surface area (Å²) in [6, 6.07) is 1.54. The second-order valence-electron chi connectivity index (χ2n) is 6.49. The molecular weight excluding hydrogens is 294 g/mol. The summed E-state index contributed by atoms with van der Waals surface area (Å²) in [5, 5.41) is 4.56. The highest BCUT2D eigenvalue weighted by molar-refractivity contribution is 5.81. The third-order valence-corrected chi connectivity index (χ3v) is 4.60. The predicted molar refractivity (Wildman–Crippen MR) is 85.4 cm³/mol. The zero-order chi connectivity index (χ0) is 16.4. The van der Waals surface area contributed by atoms with Crippen LogP contribution in [-0.2, 0) is 29.1 Å². The summed E-state index contributed by atoms with van der Waals surface area (Å²) in [5.41, 5.74) is 7.63. The van der Waals surface area contributed by atoms with E-state index in [4.69, 9.17) is 5.73 Å². The van der Waals surface area contributed by atoms with Gasteiger partial charge in [0.1, 0.15) is 0 Å². The molecule has 2 amide bonds. The number of fused-ring (bicyclic) bond motifs is 1. The molecular formula is C16H25N5O2. The fourth-order valence-electron chi connectivity index (χ4n) is 3.28. The molecule has 0 aromatic carbocycles. The highest BCUT2D eigenvalue weighted by atomic mass is 16.2. The van der Waals surface area contributed by atoms with Crippen LogP contribution in [0.25, 0.3) is 0 Å². The lowest BCUT2D eigenvalue weighted by atomic mass is 10.2. The highest BCUT2D eigenvalue weighted by Crippen LogP contribution is 2.16. The molecule has 126 valence electrons. The van der Waals surface area contributed by atoms with Crippen LogP contribution in [0.4, 0.5) is 0 Å². The van der Waals surface area contributed by atoms with E-state index in [-0.39, 0.29) is 11.8 Å². The van der Waals surface area contributed by atoms with Gasteiger partial charge in [-0.2, -0.15) is 5.10 Å². The van der Waals surface area contributed by atoms with Gasteiger partial charge in [-0.1, -0.05) is 0 Å². The third-order valence-electron chi connectivity index (χ3n) is 4.60. The SMILES string of the molecule is C[C@@H](N)C(=O)N1CCn2nc(CCC(=O)N3CCCC3)cc2C1. The minimum atomic E-state index is -0.470. The van der Waals surface area contributed by atoms with Crippen molar-refractivity contribution in [2.45, 2.75) is 51.7 Å². The summed E-state index contributed by atoms with van der Waals surface area (Å²) >= 11 is 0. The van der Waals surface area contributed by atoms with Gasteiger partial charge in [0.15, 0.2) is 0 Å². The van der Waals surface area contributed by atoms with Crippen LogP contribution in [-0.4, -0.2) is 57.1 Å². The second kappa shape index (κ2) is 6.70. The Morgan fingerprint density at radius 2 is 1.96 bits per heavy atom. The number of carbonyl (C=O) groups is 2. The molecule has 1 fully saturated rings. The molecule has 0 saturated carbocycles. The minimum absolute atomic E-state index is 0.0248. The Morgan fingerprint density at radius 3 is 2.65 bits per heavy atom. The number of rotatable bonds is 4. The van der Waals surface area contributed by atoms with Gasteiger partial charge in [-0.15, -0.1) is 0 Å². The monoisotopic (exact) mass is 319 g/mol. The molecule has 2 aliphatic heterocycles. The summed E-state index contributed by atoms with van der Waals surface area (Å²) < 4.78 is 1.95. The van der Waals surface area contributed by atoms with Crippen molar-refractivity contribution in [1.29, 1.82) is 0 Å². The van der Waals surface area contributed by atoms with Crippen molar-refractivity contribution in [2.75, 3.05) is 19.6 Å². The number of carbonyl (C=O) groups excluding carboxylic acids is 2. The summed E-state index contributed by atoms with van der Waals surface area (Å²) in [6.45, 7) is 5.38. The normalized spacial score (nSPS) is 18.9. The number of nitrogens with two attached hydrogens (primary N) is 1. The van der Waals surface area contributed by atoms with Crippen LogP contribution in [0.2, 0.25) is 0 Å². The van der Waals surface area contributed by atoms with E-state index in [0.717, 1.165) is 37.3 Å². The number of hydrogen-bond acceptors (Lipinski definition) is 4. The van der Waals surface area contributed by atoms with Crippen molar-refractivity contribution < 1.29 is 9.59 Å². The number of nitrogens with zero attached hydrogens (tertiary/aromatic N) is 4. The lowest BCUT2D eigenvalue weighted by Gasteiger charge is -2.28. The Bertz CT molecular complexity index is 589. The molecule has 2 aliphatic rings. The lowest BCUT2D eigenvalue weighted by molar-refractivity contribution is -0.133. The second-order valence-corrected chi connectivity index (χ2v) is 6.49. The molecule has 0 aliphatic carbocycles. The number of likely N-dealkylation sites (tertiary alicyclic amines) is 1. The maximum Gasteiger partial charge on any atom is 0.239 e. The van der Waals surface area contributed by atoms with Crippen LogP contribution in [0.3, 0.4) is 0 Å². The Labute approximate surface area is 136 Å². The fourth-order valence-corrected chi connectivity index (χ4v) is 3.28. The topological polar surface area (TPSA) is 84.5 Å². The largest absolute Gasteiger partial charge is 0.343 e. The van der Waals surface area contributed by atoms with Crippen molar-refractivity contribution >= 4 is 11.8 Å². The van der Waals surface area contributed by atoms with E-state index in [1.807, 2.05) is 15.6 Å². The van der Waals surface area contributed by atoms with E-state index >= 15 is 0 Å². The summed E-state index contributed by atoms with van der Waals surface area (Å²) in [5.74, 6) is 0.199. The van der Waals surface area contributed by atoms with E-state index in [1.165, 1.54) is 0 Å². The van der Waals surface area contributed by atoms with Gasteiger partial charge in [0.2, 0.25) is 11.8 Å². The number of amides is 2. The van der Waals surface area contributed by atoms with Crippen LogP contribution in [0.15, 0.2) is 6.07 Å². The Balaban J connectivity index is 1.57. The van der Waals surface area contributed by atoms with E-state index in [1.54, 1.807) is 11.8 Å². The average Bonchev–Trinajstić information content (AvgIpc) is 3.19. The van der Waals surface area contributed by atoms with Crippen molar-refractivity contribution in [1.82, 2.24) is 19.6 Å². The van der Waals surface area contributed by atoms with Crippen LogP contribution in [0.1, 0.15) is 37.6 Å². The van der Waals surface area contributed by atoms with Crippen molar-refractivity contribution in [2.24, 2.45) is 5.73 Å². The van der Waals surface area contributed by atoms with Crippen LogP contribution in [0.5, 0.6) is 0 Å². The van der Waals surface area contributed by atoms with Gasteiger partial charge < -0.3 is 15.5 Å². The van der Waals surface area contributed by atoms with Crippen molar-refractivity contribution in [3.05, 3.63) is 17.5 Å². The maximum atomic E-state index is 12.1. The molecule has 2 N–H and O–H groups in total. The zero-order valence-corrected chi connectivity index (χ0v) is 13.7. The van der Waals surface area contributed by atoms with Crippen molar-refractivity contribution in [3.8, 4) is 0 Å². The molecule has 0 spiro atoms. The highest BCUT2D eigenvalue weighted by Gasteiger charge is 2.24. The molecule has 0 bridgehead atoms. The average molecular weight is 319 g/mol. The number of aryl methyl sites for hydroxylation is 1. The van der Waals surface area contributed by atoms with E-state index in [0.29, 0.717) is 32.5 Å². The van der Waals surface area contributed by atoms with E-state index < -0.39 is 6.04 Å². The van der Waals surface area contributed by atoms with Gasteiger partial charge >= 0.3 is 0 Å². The van der Waals surface area contributed by atoms with Gasteiger partial charge in [-0.05, 0) is 25.8 Å². The first-order valence-electron chi connectivity index (χ1n) is 8.42. The first-order valence-corrected chi connectivity index (χ1v) is 8.42. The number of hydrogen-bond donors (Lipinski definition) is 1. The first kappa shape index (κ1) is 16.0. The Hall–Kier alpha value is -1.89. The Kier molecular flexibility index (Phi) is 4.66. The van der Waals surface area contributed by atoms with Crippen LogP contribution in [0, 0.1) is 0 Å². The van der Waals surface area contributed by atoms with Gasteiger partial charge in [0.05, 0.1) is 30.5 Å². The Morgan fingerprint density at radius 1 is 1.22 bits per heavy atom. The predicted octanol–water partition coefficient (Wildman–Crippen LogP) is 0.127. The van der Waals surface area contributed by atoms with Gasteiger partial charge in [0, 0.05) is 32.5 Å². The van der Waals surface area contributed by atoms with E-state index in [9.17, 15) is 9.59 Å². The van der Waals surface area contributed by atoms with Gasteiger partial charge in [0.25, 0.3) is 0 Å². The summed E-state index contributed by atoms with van der Waals surface area (Å²) in [4.78, 5) is 27.8. The summed E-state index contributed by atoms with van der Waals surface area (Å²) in [7, 11) is 0. The molecule has 7 heteroatoms. The number of aromatic nitrogens is 2. The molecule has 1 atom stereocenters. The standard InChI is InChI=1S/C16H25N5O2/c1-12(17)16(23)20-8-9-21-14(11-20)10-13(18-21)4-5-15(22)19-6-2-3-7-19/h10,12H,2-9,11,17H2,1H3/t12-/m1/s1. The zero-order valence-electron chi connectivity index (χ0n) is 13.7. The van der Waals surface area contributed by atoms with Crippen LogP contribution < -0.4 is 5.73 Å². The summed E-state index contributed by atoms with van der Waals surface area (Å²) in [6.07, 6.45) is 3.41. The molecule has 3 rings (SSSR count). The fraction of sp³-hybridized carbons (Fsp3) is 0.688. The minimum Gasteiger partial charge on any atom is -0.343 e. The van der Waals surface area contributed by atoms with Crippen LogP contribution >= 0.6 is 0 Å². The van der Waals surface area contributed by atoms with Crippen molar-refractivity contribution in [3.63, 3.8) is 0 Å². The van der Waals surface area contributed by atoms with E-state index in [2.05, 4.69) is 5.10 Å². The van der Waals surface area contributed by atoms with Gasteiger partial charge in [-0.3, -0.25) is 14.3 Å². The molecule has 1 aromatic heterocycles. The maximum absolute atomic E-state index is 12.1. The smallest absolute Gasteiger partial charge is 0.239 e. The van der Waals surface area contributed by atoms with Gasteiger partial charge in [-0.25, -0.2) is 0 Å². The third kappa shape index (κ3) is 3.55. The molecule has 1 saturated heterocycles. The molecule has 7 nitrogen and oxygen atoms in total. The molecule has 0 radical (unpaired) electrons. The quantitative estimate of drug-likeness (QED) is 0.855. The lowest BCUT2D eigenvalue weighted by Crippen LogP contribution is -2.45. The molecule has 23 heavy (non-hydrogen) atoms.